The monoisotopic (exact) mass is 330 g/mol. The predicted molar refractivity (Wildman–Crippen MR) is 95.5 cm³/mol. The van der Waals surface area contributed by atoms with Crippen LogP contribution in [0.5, 0.6) is 5.75 Å². The van der Waals surface area contributed by atoms with Crippen LogP contribution in [0.1, 0.15) is 57.1 Å². The lowest BCUT2D eigenvalue weighted by Crippen LogP contribution is -2.55. The quantitative estimate of drug-likeness (QED) is 0.786. The summed E-state index contributed by atoms with van der Waals surface area (Å²) in [7, 11) is 0. The standard InChI is InChI=1S/C20H30N2O2/c1-14(2)19(9-15-5-3-4-6-15)22-12-17-10-18(24)8-7-16(17)11-20(22)21-13-23/h7-8,10,13-15,19-20,24H,3-6,9,11-12H2,1-2H3,(H,21,23)/t19-,20-/m1/s1. The van der Waals surface area contributed by atoms with E-state index in [0.717, 1.165) is 25.3 Å². The van der Waals surface area contributed by atoms with Gasteiger partial charge in [-0.15, -0.1) is 0 Å². The van der Waals surface area contributed by atoms with Gasteiger partial charge < -0.3 is 10.4 Å². The Morgan fingerprint density at radius 2 is 2.04 bits per heavy atom. The number of hydrogen-bond donors (Lipinski definition) is 2. The second kappa shape index (κ2) is 7.56. The molecule has 0 radical (unpaired) electrons. The van der Waals surface area contributed by atoms with Crippen molar-refractivity contribution in [1.29, 1.82) is 0 Å². The molecule has 0 saturated heterocycles. The molecule has 0 aromatic heterocycles. The van der Waals surface area contributed by atoms with Gasteiger partial charge in [0.15, 0.2) is 0 Å². The van der Waals surface area contributed by atoms with Crippen molar-refractivity contribution in [3.63, 3.8) is 0 Å². The number of hydrogen-bond acceptors (Lipinski definition) is 3. The predicted octanol–water partition coefficient (Wildman–Crippen LogP) is 3.43. The average Bonchev–Trinajstić information content (AvgIpc) is 3.05. The van der Waals surface area contributed by atoms with Gasteiger partial charge in [-0.1, -0.05) is 45.6 Å². The Bertz CT molecular complexity index is 567. The first-order valence-electron chi connectivity index (χ1n) is 9.34. The van der Waals surface area contributed by atoms with Crippen LogP contribution in [0.2, 0.25) is 0 Å². The first-order chi connectivity index (χ1) is 11.6. The third kappa shape index (κ3) is 3.75. The van der Waals surface area contributed by atoms with E-state index in [-0.39, 0.29) is 6.17 Å². The summed E-state index contributed by atoms with van der Waals surface area (Å²) in [5, 5.41) is 12.9. The lowest BCUT2D eigenvalue weighted by Gasteiger charge is -2.44. The fraction of sp³-hybridized carbons (Fsp3) is 0.650. The van der Waals surface area contributed by atoms with Crippen LogP contribution < -0.4 is 5.32 Å². The molecule has 1 saturated carbocycles. The molecular formula is C20H30N2O2. The number of fused-ring (bicyclic) bond motifs is 1. The number of aromatic hydroxyl groups is 1. The molecule has 1 heterocycles. The number of carbonyl (C=O) groups excluding carboxylic acids is 1. The molecule has 4 heteroatoms. The second-order valence-corrected chi connectivity index (χ2v) is 7.83. The molecular weight excluding hydrogens is 300 g/mol. The van der Waals surface area contributed by atoms with E-state index in [1.54, 1.807) is 6.07 Å². The highest BCUT2D eigenvalue weighted by Gasteiger charge is 2.34. The molecule has 2 N–H and O–H groups in total. The minimum absolute atomic E-state index is 0.0494. The van der Waals surface area contributed by atoms with Gasteiger partial charge in [-0.3, -0.25) is 9.69 Å². The first-order valence-corrected chi connectivity index (χ1v) is 9.34. The molecule has 1 aliphatic carbocycles. The summed E-state index contributed by atoms with van der Waals surface area (Å²) in [6, 6.07) is 6.07. The Hall–Kier alpha value is -1.55. The van der Waals surface area contributed by atoms with Crippen molar-refractivity contribution >= 4 is 6.41 Å². The Kier molecular flexibility index (Phi) is 5.44. The van der Waals surface area contributed by atoms with Crippen LogP contribution in [0, 0.1) is 11.8 Å². The minimum atomic E-state index is 0.0494. The lowest BCUT2D eigenvalue weighted by molar-refractivity contribution is -0.112. The topological polar surface area (TPSA) is 52.6 Å². The van der Waals surface area contributed by atoms with Crippen molar-refractivity contribution in [3.8, 4) is 5.75 Å². The van der Waals surface area contributed by atoms with Crippen LogP contribution in [0.3, 0.4) is 0 Å². The molecule has 2 aliphatic rings. The van der Waals surface area contributed by atoms with E-state index < -0.39 is 0 Å². The maximum Gasteiger partial charge on any atom is 0.208 e. The number of amides is 1. The van der Waals surface area contributed by atoms with Crippen molar-refractivity contribution in [2.45, 2.75) is 71.1 Å². The summed E-state index contributed by atoms with van der Waals surface area (Å²) in [5.74, 6) is 1.69. The minimum Gasteiger partial charge on any atom is -0.508 e. The number of nitrogens with one attached hydrogen (secondary N) is 1. The van der Waals surface area contributed by atoms with E-state index in [4.69, 9.17) is 0 Å². The first kappa shape index (κ1) is 17.3. The molecule has 2 atom stereocenters. The number of benzene rings is 1. The summed E-state index contributed by atoms with van der Waals surface area (Å²) in [6.07, 6.45) is 8.32. The number of carbonyl (C=O) groups is 1. The van der Waals surface area contributed by atoms with E-state index in [9.17, 15) is 9.90 Å². The Morgan fingerprint density at radius 3 is 2.71 bits per heavy atom. The van der Waals surface area contributed by atoms with Crippen LogP contribution in [-0.2, 0) is 17.8 Å². The van der Waals surface area contributed by atoms with Gasteiger partial charge in [-0.2, -0.15) is 0 Å². The molecule has 3 rings (SSSR count). The molecule has 1 amide bonds. The van der Waals surface area contributed by atoms with Crippen LogP contribution in [0.25, 0.3) is 0 Å². The summed E-state index contributed by atoms with van der Waals surface area (Å²) < 4.78 is 0. The van der Waals surface area contributed by atoms with Crippen LogP contribution >= 0.6 is 0 Å². The van der Waals surface area contributed by atoms with E-state index >= 15 is 0 Å². The fourth-order valence-corrected chi connectivity index (χ4v) is 4.55. The third-order valence-electron chi connectivity index (χ3n) is 5.86. The van der Waals surface area contributed by atoms with Gasteiger partial charge in [0.1, 0.15) is 5.75 Å². The van der Waals surface area contributed by atoms with Gasteiger partial charge >= 0.3 is 0 Å². The molecule has 1 aliphatic heterocycles. The maximum atomic E-state index is 11.1. The highest BCUT2D eigenvalue weighted by Crippen LogP contribution is 2.35. The summed E-state index contributed by atoms with van der Waals surface area (Å²) in [4.78, 5) is 13.6. The zero-order valence-electron chi connectivity index (χ0n) is 14.9. The van der Waals surface area contributed by atoms with Crippen LogP contribution in [-0.4, -0.2) is 28.6 Å². The molecule has 4 nitrogen and oxygen atoms in total. The molecule has 1 aromatic rings. The van der Waals surface area contributed by atoms with Crippen LogP contribution in [0.4, 0.5) is 0 Å². The lowest BCUT2D eigenvalue weighted by atomic mass is 9.87. The normalized spacial score (nSPS) is 23.2. The van der Waals surface area contributed by atoms with E-state index in [1.165, 1.54) is 43.2 Å². The van der Waals surface area contributed by atoms with E-state index in [2.05, 4.69) is 24.1 Å². The van der Waals surface area contributed by atoms with Crippen molar-refractivity contribution in [2.24, 2.45) is 11.8 Å². The number of rotatable bonds is 6. The van der Waals surface area contributed by atoms with Crippen molar-refractivity contribution in [3.05, 3.63) is 29.3 Å². The van der Waals surface area contributed by atoms with Gasteiger partial charge in [0.2, 0.25) is 6.41 Å². The summed E-state index contributed by atoms with van der Waals surface area (Å²) in [5.41, 5.74) is 2.42. The van der Waals surface area contributed by atoms with Gasteiger partial charge in [0.25, 0.3) is 0 Å². The molecule has 24 heavy (non-hydrogen) atoms. The number of phenolic OH excluding ortho intramolecular Hbond substituents is 1. The van der Waals surface area contributed by atoms with Gasteiger partial charge in [0.05, 0.1) is 6.17 Å². The Labute approximate surface area is 145 Å². The van der Waals surface area contributed by atoms with Crippen molar-refractivity contribution in [2.75, 3.05) is 0 Å². The highest BCUT2D eigenvalue weighted by atomic mass is 16.3. The fourth-order valence-electron chi connectivity index (χ4n) is 4.55. The molecule has 0 unspecified atom stereocenters. The van der Waals surface area contributed by atoms with Gasteiger partial charge in [-0.05, 0) is 41.5 Å². The maximum absolute atomic E-state index is 11.1. The zero-order valence-corrected chi connectivity index (χ0v) is 14.9. The Balaban J connectivity index is 1.84. The molecule has 1 aromatic carbocycles. The average molecular weight is 330 g/mol. The van der Waals surface area contributed by atoms with Crippen molar-refractivity contribution < 1.29 is 9.90 Å². The molecule has 1 fully saturated rings. The number of nitrogens with zero attached hydrogens (tertiary/aromatic N) is 1. The second-order valence-electron chi connectivity index (χ2n) is 7.83. The molecule has 0 spiro atoms. The van der Waals surface area contributed by atoms with Crippen LogP contribution in [0.15, 0.2) is 18.2 Å². The molecule has 0 bridgehead atoms. The largest absolute Gasteiger partial charge is 0.508 e. The van der Waals surface area contributed by atoms with Crippen molar-refractivity contribution in [1.82, 2.24) is 10.2 Å². The third-order valence-corrected chi connectivity index (χ3v) is 5.86. The number of phenols is 1. The summed E-state index contributed by atoms with van der Waals surface area (Å²) >= 11 is 0. The van der Waals surface area contributed by atoms with Gasteiger partial charge in [0, 0.05) is 19.0 Å². The summed E-state index contributed by atoms with van der Waals surface area (Å²) in [6.45, 7) is 5.37. The zero-order chi connectivity index (χ0) is 17.1. The smallest absolute Gasteiger partial charge is 0.208 e. The Morgan fingerprint density at radius 1 is 1.29 bits per heavy atom. The highest BCUT2D eigenvalue weighted by molar-refractivity contribution is 5.47. The van der Waals surface area contributed by atoms with Gasteiger partial charge in [-0.25, -0.2) is 0 Å². The van der Waals surface area contributed by atoms with E-state index in [1.807, 2.05) is 12.1 Å². The SMILES string of the molecule is CC(C)[C@@H](CC1CCCC1)N1Cc2cc(O)ccc2C[C@@H]1NC=O. The molecule has 132 valence electrons. The van der Waals surface area contributed by atoms with E-state index in [0.29, 0.717) is 17.7 Å².